The molecule has 0 bridgehead atoms. The maximum Gasteiger partial charge on any atom is 0.190 e. The lowest BCUT2D eigenvalue weighted by Gasteiger charge is -2.01. The van der Waals surface area contributed by atoms with Crippen molar-refractivity contribution >= 4 is 53.5 Å². The Morgan fingerprint density at radius 2 is 1.75 bits per heavy atom. The number of halogens is 2. The fourth-order valence-electron chi connectivity index (χ4n) is 1.69. The SMILES string of the molecule is Br[SiH](Br)CC=Cc1cccc2ccccc12. The second kappa shape index (κ2) is 5.80. The van der Waals surface area contributed by atoms with Gasteiger partial charge in [0.1, 0.15) is 0 Å². The van der Waals surface area contributed by atoms with E-state index in [0.29, 0.717) is 0 Å². The van der Waals surface area contributed by atoms with E-state index in [4.69, 9.17) is 0 Å². The molecule has 16 heavy (non-hydrogen) atoms. The van der Waals surface area contributed by atoms with Crippen molar-refractivity contribution in [3.63, 3.8) is 0 Å². The van der Waals surface area contributed by atoms with Gasteiger partial charge in [0.15, 0.2) is 6.04 Å². The van der Waals surface area contributed by atoms with Crippen LogP contribution in [0.3, 0.4) is 0 Å². The summed E-state index contributed by atoms with van der Waals surface area (Å²) in [6.45, 7) is 0. The molecule has 0 nitrogen and oxygen atoms in total. The van der Waals surface area contributed by atoms with Gasteiger partial charge in [0, 0.05) is 0 Å². The third kappa shape index (κ3) is 3.06. The van der Waals surface area contributed by atoms with Crippen LogP contribution in [-0.2, 0) is 0 Å². The molecule has 0 aromatic heterocycles. The summed E-state index contributed by atoms with van der Waals surface area (Å²) < 4.78 is 0. The Morgan fingerprint density at radius 1 is 1.00 bits per heavy atom. The molecule has 0 radical (unpaired) electrons. The van der Waals surface area contributed by atoms with Crippen LogP contribution in [0.2, 0.25) is 6.04 Å². The number of hydrogen-bond donors (Lipinski definition) is 0. The molecule has 0 unspecified atom stereocenters. The van der Waals surface area contributed by atoms with E-state index in [0.717, 1.165) is 6.04 Å². The lowest BCUT2D eigenvalue weighted by Crippen LogP contribution is -1.84. The molecule has 0 saturated heterocycles. The first-order valence-electron chi connectivity index (χ1n) is 5.20. The lowest BCUT2D eigenvalue weighted by atomic mass is 10.0. The minimum Gasteiger partial charge on any atom is -0.115 e. The van der Waals surface area contributed by atoms with Gasteiger partial charge in [0.25, 0.3) is 0 Å². The fraction of sp³-hybridized carbons (Fsp3) is 0.0769. The van der Waals surface area contributed by atoms with E-state index < -0.39 is 6.04 Å². The minimum absolute atomic E-state index is 0.836. The molecule has 2 aromatic rings. The summed E-state index contributed by atoms with van der Waals surface area (Å²) in [5, 5.41) is 2.62. The van der Waals surface area contributed by atoms with Crippen LogP contribution in [0.5, 0.6) is 0 Å². The second-order valence-corrected chi connectivity index (χ2v) is 15.2. The Bertz CT molecular complexity index is 501. The summed E-state index contributed by atoms with van der Waals surface area (Å²) >= 11 is 7.20. The van der Waals surface area contributed by atoms with Crippen LogP contribution in [0.4, 0.5) is 0 Å². The monoisotopic (exact) mass is 354 g/mol. The molecule has 0 aliphatic rings. The summed E-state index contributed by atoms with van der Waals surface area (Å²) in [5.41, 5.74) is 1.30. The normalized spacial score (nSPS) is 11.7. The van der Waals surface area contributed by atoms with Crippen LogP contribution in [-0.4, -0.2) is 6.04 Å². The molecule has 3 heteroatoms. The number of benzene rings is 2. The first-order chi connectivity index (χ1) is 7.77. The van der Waals surface area contributed by atoms with E-state index >= 15 is 0 Å². The first-order valence-corrected chi connectivity index (χ1v) is 12.4. The van der Waals surface area contributed by atoms with Crippen molar-refractivity contribution in [3.8, 4) is 0 Å². The van der Waals surface area contributed by atoms with Crippen LogP contribution in [0, 0.1) is 0 Å². The molecular weight excluding hydrogens is 344 g/mol. The molecule has 0 heterocycles. The van der Waals surface area contributed by atoms with Crippen molar-refractivity contribution in [3.05, 3.63) is 54.1 Å². The van der Waals surface area contributed by atoms with Crippen LogP contribution in [0.15, 0.2) is 48.5 Å². The van der Waals surface area contributed by atoms with Crippen molar-refractivity contribution in [2.75, 3.05) is 0 Å². The van der Waals surface area contributed by atoms with Gasteiger partial charge < -0.3 is 0 Å². The van der Waals surface area contributed by atoms with Gasteiger partial charge in [-0.1, -0.05) is 54.6 Å². The average molecular weight is 356 g/mol. The zero-order valence-electron chi connectivity index (χ0n) is 8.74. The van der Waals surface area contributed by atoms with Gasteiger partial charge in [-0.15, -0.1) is 30.6 Å². The molecule has 0 N–H and O–H groups in total. The summed E-state index contributed by atoms with van der Waals surface area (Å²) in [6, 6.07) is 15.2. The van der Waals surface area contributed by atoms with Crippen molar-refractivity contribution in [2.45, 2.75) is 6.04 Å². The quantitative estimate of drug-likeness (QED) is 0.544. The van der Waals surface area contributed by atoms with Crippen molar-refractivity contribution < 1.29 is 0 Å². The van der Waals surface area contributed by atoms with Crippen molar-refractivity contribution in [2.24, 2.45) is 0 Å². The largest absolute Gasteiger partial charge is 0.190 e. The lowest BCUT2D eigenvalue weighted by molar-refractivity contribution is 1.68. The molecule has 82 valence electrons. The van der Waals surface area contributed by atoms with E-state index in [-0.39, 0.29) is 0 Å². The van der Waals surface area contributed by atoms with E-state index in [1.165, 1.54) is 16.3 Å². The van der Waals surface area contributed by atoms with Gasteiger partial charge in [-0.2, -0.15) is 0 Å². The molecular formula is C13H12Br2Si. The Labute approximate surface area is 113 Å². The number of rotatable bonds is 3. The molecule has 2 aromatic carbocycles. The third-order valence-corrected chi connectivity index (χ3v) is 5.31. The number of allylic oxidation sites excluding steroid dienone is 1. The van der Waals surface area contributed by atoms with Crippen molar-refractivity contribution in [1.29, 1.82) is 0 Å². The molecule has 0 saturated carbocycles. The number of hydrogen-bond acceptors (Lipinski definition) is 0. The van der Waals surface area contributed by atoms with E-state index in [1.54, 1.807) is 0 Å². The summed E-state index contributed by atoms with van der Waals surface area (Å²) in [6.07, 6.45) is 4.45. The highest BCUT2D eigenvalue weighted by molar-refractivity contribution is 9.49. The van der Waals surface area contributed by atoms with Crippen molar-refractivity contribution in [1.82, 2.24) is 0 Å². The highest BCUT2D eigenvalue weighted by Crippen LogP contribution is 2.20. The minimum atomic E-state index is -0.836. The molecule has 0 aliphatic carbocycles. The summed E-state index contributed by atoms with van der Waals surface area (Å²) in [5.74, 6) is 0. The predicted octanol–water partition coefficient (Wildman–Crippen LogP) is 4.86. The standard InChI is InChI=1S/C13H12Br2Si/c14-16(15)10-4-8-12-7-3-6-11-5-1-2-9-13(11)12/h1-9,16H,10H2. The Morgan fingerprint density at radius 3 is 2.56 bits per heavy atom. The third-order valence-electron chi connectivity index (χ3n) is 2.44. The summed E-state index contributed by atoms with van der Waals surface area (Å²) in [4.78, 5) is 0. The Kier molecular flexibility index (Phi) is 4.38. The molecule has 0 amide bonds. The van der Waals surface area contributed by atoms with Gasteiger partial charge >= 0.3 is 0 Å². The van der Waals surface area contributed by atoms with Gasteiger partial charge in [-0.3, -0.25) is 0 Å². The predicted molar refractivity (Wildman–Crippen MR) is 82.8 cm³/mol. The van der Waals surface area contributed by atoms with Gasteiger partial charge in [-0.25, -0.2) is 0 Å². The average Bonchev–Trinajstić information content (AvgIpc) is 2.29. The van der Waals surface area contributed by atoms with E-state index in [2.05, 4.69) is 85.2 Å². The van der Waals surface area contributed by atoms with Gasteiger partial charge in [0.2, 0.25) is 0 Å². The Balaban J connectivity index is 2.34. The molecule has 0 fully saturated rings. The Hall–Kier alpha value is -0.383. The maximum atomic E-state index is 3.60. The van der Waals surface area contributed by atoms with Crippen LogP contribution in [0.1, 0.15) is 5.56 Å². The van der Waals surface area contributed by atoms with Crippen LogP contribution < -0.4 is 0 Å². The maximum absolute atomic E-state index is 3.60. The highest BCUT2D eigenvalue weighted by atomic mass is 79.9. The highest BCUT2D eigenvalue weighted by Gasteiger charge is 1.98. The van der Waals surface area contributed by atoms with Crippen LogP contribution >= 0.6 is 30.6 Å². The first kappa shape index (κ1) is 12.1. The second-order valence-electron chi connectivity index (χ2n) is 3.60. The smallest absolute Gasteiger partial charge is 0.115 e. The van der Waals surface area contributed by atoms with E-state index in [1.807, 2.05) is 0 Å². The molecule has 0 atom stereocenters. The molecule has 0 aliphatic heterocycles. The topological polar surface area (TPSA) is 0 Å². The molecule has 0 spiro atoms. The zero-order chi connectivity index (χ0) is 11.4. The number of fused-ring (bicyclic) bond motifs is 1. The van der Waals surface area contributed by atoms with E-state index in [9.17, 15) is 0 Å². The fourth-order valence-corrected chi connectivity index (χ4v) is 3.33. The summed E-state index contributed by atoms with van der Waals surface area (Å²) in [7, 11) is 0. The van der Waals surface area contributed by atoms with Gasteiger partial charge in [-0.05, 0) is 22.4 Å². The van der Waals surface area contributed by atoms with Crippen LogP contribution in [0.25, 0.3) is 16.8 Å². The molecule has 2 rings (SSSR count). The van der Waals surface area contributed by atoms with Gasteiger partial charge in [0.05, 0.1) is 0 Å². The zero-order valence-corrected chi connectivity index (χ0v) is 13.1.